The van der Waals surface area contributed by atoms with Crippen LogP contribution in [0.3, 0.4) is 0 Å². The maximum absolute atomic E-state index is 14.4. The van der Waals surface area contributed by atoms with Crippen LogP contribution < -0.4 is 71.2 Å². The minimum absolute atomic E-state index is 0.0316. The number of hydrogen-bond donors (Lipinski definition) is 15. The monoisotopic (exact) mass is 1150 g/mol. The van der Waals surface area contributed by atoms with E-state index < -0.39 is 181 Å². The lowest BCUT2D eigenvalue weighted by Crippen LogP contribution is -2.58. The Hall–Kier alpha value is -6.04. The van der Waals surface area contributed by atoms with Gasteiger partial charge in [-0.15, -0.1) is 0 Å². The lowest BCUT2D eigenvalue weighted by atomic mass is 9.90. The zero-order valence-corrected chi connectivity index (χ0v) is 48.5. The highest BCUT2D eigenvalue weighted by Crippen LogP contribution is 2.22. The van der Waals surface area contributed by atoms with Gasteiger partial charge in [0.1, 0.15) is 30.8 Å². The molecule has 0 aromatic carbocycles. The molecule has 0 radical (unpaired) electrons. The fourth-order valence-electron chi connectivity index (χ4n) is 8.57. The van der Waals surface area contributed by atoms with Crippen LogP contribution in [0.4, 0.5) is 0 Å². The number of nitrogens with two attached hydrogens (primary N) is 5. The van der Waals surface area contributed by atoms with Crippen molar-refractivity contribution in [2.75, 3.05) is 45.9 Å². The molecule has 81 heavy (non-hydrogen) atoms. The van der Waals surface area contributed by atoms with Crippen LogP contribution >= 0.6 is 0 Å². The summed E-state index contributed by atoms with van der Waals surface area (Å²) >= 11 is 0. The lowest BCUT2D eigenvalue weighted by Gasteiger charge is -2.28. The van der Waals surface area contributed by atoms with Crippen molar-refractivity contribution in [3.05, 3.63) is 0 Å². The number of esters is 1. The number of carbonyl (C=O) groups excluding carboxylic acids is 12. The highest BCUT2D eigenvalue weighted by Gasteiger charge is 2.38. The Morgan fingerprint density at radius 2 is 1.22 bits per heavy atom. The van der Waals surface area contributed by atoms with Crippen molar-refractivity contribution in [1.82, 2.24) is 42.5 Å². The molecule has 28 heteroatoms. The standard InChI is InChI=1S/C53H95N13O15/c1-9-34-48(76)62-36(13-19-56)40(69)24-31(11-17-54)46(74)66-44(30(6)68)51(79)59-21-15-32(45(73)63-37(14-20-57)49(77)64-38(23-28(3)4)50(78)61-34)25-41(70)39(27-58)65-47(75)33(29(5)67)26-42(71)35(12-18-55)60-43(72)16-22-81-52(80)53(7,8)10-2/h28-39,44,67-68H,9-27,54-58H2,1-8H3,(H,59,79)(H,60,72)(H,61,78)(H,62,76)(H,63,73)(H,64,77)(H,65,75)(H,66,74)/t29?,30?,31-,32-,33+,34+,35+,36+,37-,38-,39+,44+/m1/s1. The molecule has 1 fully saturated rings. The van der Waals surface area contributed by atoms with Gasteiger partial charge in [-0.25, -0.2) is 0 Å². The summed E-state index contributed by atoms with van der Waals surface area (Å²) in [6, 6.07) is -9.53. The molecule has 1 heterocycles. The molecule has 0 spiro atoms. The van der Waals surface area contributed by atoms with E-state index in [0.717, 1.165) is 0 Å². The van der Waals surface area contributed by atoms with Gasteiger partial charge in [0.2, 0.25) is 47.3 Å². The van der Waals surface area contributed by atoms with Gasteiger partial charge in [-0.3, -0.25) is 57.5 Å². The molecular weight excluding hydrogens is 1060 g/mol. The van der Waals surface area contributed by atoms with Gasteiger partial charge in [0.15, 0.2) is 17.3 Å². The molecule has 0 aliphatic carbocycles. The lowest BCUT2D eigenvalue weighted by molar-refractivity contribution is -0.154. The van der Waals surface area contributed by atoms with E-state index >= 15 is 0 Å². The van der Waals surface area contributed by atoms with Crippen molar-refractivity contribution in [3.8, 4) is 0 Å². The van der Waals surface area contributed by atoms with Gasteiger partial charge in [-0.05, 0) is 111 Å². The Labute approximate surface area is 474 Å². The number of aliphatic hydroxyl groups is 2. The van der Waals surface area contributed by atoms with Gasteiger partial charge in [0.05, 0.1) is 48.1 Å². The number of aliphatic hydroxyl groups excluding tert-OH is 2. The first-order valence-electron chi connectivity index (χ1n) is 28.1. The molecule has 8 amide bonds. The molecule has 462 valence electrons. The molecule has 1 saturated heterocycles. The number of nitrogens with one attached hydrogen (secondary N) is 8. The van der Waals surface area contributed by atoms with Crippen LogP contribution in [0.15, 0.2) is 0 Å². The molecule has 1 aliphatic heterocycles. The highest BCUT2D eigenvalue weighted by molar-refractivity contribution is 5.99. The first-order valence-corrected chi connectivity index (χ1v) is 28.1. The first-order chi connectivity index (χ1) is 38.0. The number of ketones is 3. The van der Waals surface area contributed by atoms with Crippen LogP contribution in [0.25, 0.3) is 0 Å². The third kappa shape index (κ3) is 25.3. The number of Topliss-reactive ketones (excluding diaryl/α,β-unsaturated/α-hetero) is 3. The molecule has 2 unspecified atom stereocenters. The minimum atomic E-state index is -1.63. The normalized spacial score (nSPS) is 23.4. The summed E-state index contributed by atoms with van der Waals surface area (Å²) in [5.74, 6) is -13.7. The predicted octanol–water partition coefficient (Wildman–Crippen LogP) is -4.43. The van der Waals surface area contributed by atoms with E-state index in [4.69, 9.17) is 33.4 Å². The topological polar surface area (TPSA) is 481 Å². The second-order valence-corrected chi connectivity index (χ2v) is 21.7. The zero-order valence-electron chi connectivity index (χ0n) is 48.5. The van der Waals surface area contributed by atoms with Crippen molar-refractivity contribution in [2.45, 2.75) is 187 Å². The molecule has 0 aromatic rings. The summed E-state index contributed by atoms with van der Waals surface area (Å²) in [5.41, 5.74) is 28.5. The van der Waals surface area contributed by atoms with E-state index in [1.807, 2.05) is 6.92 Å². The van der Waals surface area contributed by atoms with Gasteiger partial charge in [-0.2, -0.15) is 0 Å². The SMILES string of the molecule is CC[C@@H]1NC(=O)[C@@H](CC(C)C)NC(=O)[C@@H](CCN)NC(=O)[C@@H](CC(=O)[C@H](CN)NC(=O)[C@@H](CC(=O)[C@H](CCN)NC(=O)CCOC(=O)C(C)(C)CC)C(C)O)CCNC(=O)[C@H](C(C)O)NC(=O)[C@H](CCN)CC(=O)[C@H](CCN)NC1=O. The Morgan fingerprint density at radius 1 is 0.667 bits per heavy atom. The largest absolute Gasteiger partial charge is 0.465 e. The number of amides is 8. The van der Waals surface area contributed by atoms with Crippen LogP contribution in [0.2, 0.25) is 0 Å². The quantitative estimate of drug-likeness (QED) is 0.0329. The predicted molar refractivity (Wildman–Crippen MR) is 297 cm³/mol. The van der Waals surface area contributed by atoms with Crippen molar-refractivity contribution in [3.63, 3.8) is 0 Å². The molecule has 20 N–H and O–H groups in total. The van der Waals surface area contributed by atoms with Crippen molar-refractivity contribution in [2.24, 2.45) is 57.8 Å². The van der Waals surface area contributed by atoms with Crippen LogP contribution in [-0.2, 0) is 62.3 Å². The van der Waals surface area contributed by atoms with Crippen LogP contribution in [0.1, 0.15) is 132 Å². The minimum Gasteiger partial charge on any atom is -0.465 e. The number of ether oxygens (including phenoxy) is 1. The Balaban J connectivity index is 3.70. The molecule has 0 aromatic heterocycles. The Morgan fingerprint density at radius 3 is 1.77 bits per heavy atom. The third-order valence-electron chi connectivity index (χ3n) is 14.1. The van der Waals surface area contributed by atoms with Crippen molar-refractivity contribution < 1.29 is 72.5 Å². The fraction of sp³-hybridized carbons (Fsp3) is 0.774. The number of rotatable bonds is 28. The summed E-state index contributed by atoms with van der Waals surface area (Å²) < 4.78 is 5.22. The Bertz CT molecular complexity index is 2130. The second-order valence-electron chi connectivity index (χ2n) is 21.7. The average Bonchev–Trinajstić information content (AvgIpc) is 3.40. The van der Waals surface area contributed by atoms with E-state index in [1.165, 1.54) is 13.8 Å². The number of hydrogen-bond acceptors (Lipinski definition) is 20. The van der Waals surface area contributed by atoms with Crippen molar-refractivity contribution in [1.29, 1.82) is 0 Å². The smallest absolute Gasteiger partial charge is 0.311 e. The molecule has 1 aliphatic rings. The van der Waals surface area contributed by atoms with Gasteiger partial charge in [0, 0.05) is 44.2 Å². The van der Waals surface area contributed by atoms with E-state index in [-0.39, 0.29) is 90.1 Å². The van der Waals surface area contributed by atoms with Gasteiger partial charge >= 0.3 is 5.97 Å². The van der Waals surface area contributed by atoms with Gasteiger partial charge in [-0.1, -0.05) is 27.7 Å². The average molecular weight is 1150 g/mol. The number of carbonyl (C=O) groups is 12. The molecular formula is C53H95N13O15. The van der Waals surface area contributed by atoms with E-state index in [1.54, 1.807) is 34.6 Å². The van der Waals surface area contributed by atoms with E-state index in [0.29, 0.717) is 6.42 Å². The summed E-state index contributed by atoms with van der Waals surface area (Å²) in [4.78, 5) is 164. The first kappa shape index (κ1) is 73.0. The van der Waals surface area contributed by atoms with Crippen molar-refractivity contribution >= 4 is 70.6 Å². The summed E-state index contributed by atoms with van der Waals surface area (Å²) in [7, 11) is 0. The van der Waals surface area contributed by atoms with Gasteiger partial charge < -0.3 is 86.2 Å². The molecule has 28 nitrogen and oxygen atoms in total. The van der Waals surface area contributed by atoms with Crippen LogP contribution in [0.5, 0.6) is 0 Å². The van der Waals surface area contributed by atoms with Crippen LogP contribution in [0, 0.1) is 29.1 Å². The molecule has 12 atom stereocenters. The van der Waals surface area contributed by atoms with E-state index in [2.05, 4.69) is 42.5 Å². The summed E-state index contributed by atoms with van der Waals surface area (Å²) in [5, 5.41) is 41.9. The maximum atomic E-state index is 14.4. The molecule has 0 bridgehead atoms. The second kappa shape index (κ2) is 37.1. The highest BCUT2D eigenvalue weighted by atomic mass is 16.5. The maximum Gasteiger partial charge on any atom is 0.311 e. The van der Waals surface area contributed by atoms with Gasteiger partial charge in [0.25, 0.3) is 0 Å². The summed E-state index contributed by atoms with van der Waals surface area (Å²) in [6.45, 7) is 11.2. The molecule has 1 rings (SSSR count). The van der Waals surface area contributed by atoms with Crippen LogP contribution in [-0.4, -0.2) is 181 Å². The molecule has 0 saturated carbocycles. The third-order valence-corrected chi connectivity index (χ3v) is 14.1. The summed E-state index contributed by atoms with van der Waals surface area (Å²) in [6.07, 6.45) is -5.25. The Kier molecular flexibility index (Phi) is 33.5. The van der Waals surface area contributed by atoms with E-state index in [9.17, 15) is 67.7 Å². The fourth-order valence-corrected chi connectivity index (χ4v) is 8.57. The zero-order chi connectivity index (χ0) is 61.7.